The van der Waals surface area contributed by atoms with Gasteiger partial charge in [0.05, 0.1) is 11.9 Å². The number of benzene rings is 3. The van der Waals surface area contributed by atoms with Crippen LogP contribution in [0.2, 0.25) is 0 Å². The minimum Gasteiger partial charge on any atom is -0.344 e. The minimum absolute atomic E-state index is 0.769. The van der Waals surface area contributed by atoms with Crippen LogP contribution in [-0.4, -0.2) is 15.8 Å². The average molecular weight is 461 g/mol. The molecule has 3 aromatic carbocycles. The van der Waals surface area contributed by atoms with Crippen molar-refractivity contribution in [3.05, 3.63) is 82.1 Å². The third-order valence-electron chi connectivity index (χ3n) is 4.96. The second-order valence-electron chi connectivity index (χ2n) is 6.77. The number of nitrogens with one attached hydrogen (secondary N) is 1. The topological polar surface area (TPSA) is 42.2 Å². The summed E-state index contributed by atoms with van der Waals surface area (Å²) in [6.45, 7) is 0. The van der Waals surface area contributed by atoms with Crippen molar-refractivity contribution in [1.82, 2.24) is 9.55 Å². The quantitative estimate of drug-likeness (QED) is 0.240. The van der Waals surface area contributed by atoms with E-state index in [1.807, 2.05) is 35.9 Å². The summed E-state index contributed by atoms with van der Waals surface area (Å²) in [5, 5.41) is 9.68. The van der Waals surface area contributed by atoms with Crippen LogP contribution in [0.5, 0.6) is 0 Å². The summed E-state index contributed by atoms with van der Waals surface area (Å²) >= 11 is 5.00. The van der Waals surface area contributed by atoms with Crippen LogP contribution >= 0.6 is 27.3 Å². The van der Waals surface area contributed by atoms with Crippen molar-refractivity contribution in [2.75, 3.05) is 5.43 Å². The van der Waals surface area contributed by atoms with Gasteiger partial charge < -0.3 is 4.57 Å². The molecule has 4 nitrogen and oxygen atoms in total. The smallest absolute Gasteiger partial charge is 0.203 e. The average Bonchev–Trinajstić information content (AvgIpc) is 3.33. The van der Waals surface area contributed by atoms with E-state index in [-0.39, 0.29) is 0 Å². The van der Waals surface area contributed by atoms with Gasteiger partial charge in [-0.25, -0.2) is 4.98 Å². The van der Waals surface area contributed by atoms with E-state index in [4.69, 9.17) is 0 Å². The van der Waals surface area contributed by atoms with Crippen LogP contribution in [0.1, 0.15) is 5.56 Å². The molecule has 6 heteroatoms. The van der Waals surface area contributed by atoms with Crippen molar-refractivity contribution in [2.24, 2.45) is 12.1 Å². The number of para-hydroxylation sites is 1. The van der Waals surface area contributed by atoms with E-state index in [9.17, 15) is 0 Å². The largest absolute Gasteiger partial charge is 0.344 e. The first-order valence-electron chi connectivity index (χ1n) is 9.17. The number of rotatable bonds is 4. The third-order valence-corrected chi connectivity index (χ3v) is 6.23. The number of fused-ring (bicyclic) bond motifs is 3. The molecule has 0 aliphatic rings. The molecule has 5 aromatic rings. The molecule has 0 amide bonds. The van der Waals surface area contributed by atoms with Crippen LogP contribution in [0.3, 0.4) is 0 Å². The Bertz CT molecular complexity index is 1350. The number of thiazole rings is 1. The first kappa shape index (κ1) is 18.1. The number of hydrogen-bond acceptors (Lipinski definition) is 4. The summed E-state index contributed by atoms with van der Waals surface area (Å²) in [7, 11) is 2.10. The lowest BCUT2D eigenvalue weighted by Gasteiger charge is -1.99. The van der Waals surface area contributed by atoms with Crippen LogP contribution in [0.15, 0.2) is 81.7 Å². The maximum absolute atomic E-state index is 4.61. The highest BCUT2D eigenvalue weighted by Gasteiger charge is 2.07. The van der Waals surface area contributed by atoms with Gasteiger partial charge in [0.2, 0.25) is 5.13 Å². The lowest BCUT2D eigenvalue weighted by molar-refractivity contribution is 1.01. The molecular formula is C23H17BrN4S. The van der Waals surface area contributed by atoms with Crippen molar-refractivity contribution in [3.8, 4) is 11.3 Å². The molecule has 0 saturated carbocycles. The van der Waals surface area contributed by atoms with Crippen molar-refractivity contribution in [1.29, 1.82) is 0 Å². The number of hydrogen-bond donors (Lipinski definition) is 1. The van der Waals surface area contributed by atoms with Crippen LogP contribution in [0.25, 0.3) is 33.1 Å². The first-order chi connectivity index (χ1) is 14.2. The molecule has 0 aliphatic carbocycles. The van der Waals surface area contributed by atoms with Crippen LogP contribution in [0, 0.1) is 0 Å². The summed E-state index contributed by atoms with van der Waals surface area (Å²) in [4.78, 5) is 4.61. The molecule has 0 atom stereocenters. The molecule has 1 N–H and O–H groups in total. The maximum atomic E-state index is 4.61. The second-order valence-corrected chi connectivity index (χ2v) is 8.54. The van der Waals surface area contributed by atoms with E-state index < -0.39 is 0 Å². The fraction of sp³-hybridized carbons (Fsp3) is 0.0435. The normalized spacial score (nSPS) is 11.7. The number of aryl methyl sites for hydroxylation is 1. The molecule has 5 rings (SSSR count). The zero-order valence-electron chi connectivity index (χ0n) is 15.6. The molecule has 0 radical (unpaired) electrons. The molecule has 0 fully saturated rings. The van der Waals surface area contributed by atoms with Gasteiger partial charge in [0.1, 0.15) is 0 Å². The fourth-order valence-electron chi connectivity index (χ4n) is 3.51. The van der Waals surface area contributed by atoms with Gasteiger partial charge in [0, 0.05) is 44.3 Å². The third kappa shape index (κ3) is 3.45. The van der Waals surface area contributed by atoms with Gasteiger partial charge >= 0.3 is 0 Å². The van der Waals surface area contributed by atoms with Gasteiger partial charge in [-0.05, 0) is 35.9 Å². The molecule has 0 aliphatic heterocycles. The summed E-state index contributed by atoms with van der Waals surface area (Å²) in [5.74, 6) is 0. The second kappa shape index (κ2) is 7.46. The number of halogens is 1. The zero-order valence-corrected chi connectivity index (χ0v) is 18.0. The van der Waals surface area contributed by atoms with E-state index in [0.717, 1.165) is 26.4 Å². The lowest BCUT2D eigenvalue weighted by atomic mass is 10.1. The molecule has 0 spiro atoms. The highest BCUT2D eigenvalue weighted by molar-refractivity contribution is 9.10. The van der Waals surface area contributed by atoms with Gasteiger partial charge in [-0.1, -0.05) is 52.3 Å². The van der Waals surface area contributed by atoms with Crippen molar-refractivity contribution >= 4 is 60.4 Å². The highest BCUT2D eigenvalue weighted by atomic mass is 79.9. The Balaban J connectivity index is 1.37. The lowest BCUT2D eigenvalue weighted by Crippen LogP contribution is -1.91. The zero-order chi connectivity index (χ0) is 19.8. The predicted octanol–water partition coefficient (Wildman–Crippen LogP) is 6.66. The Morgan fingerprint density at radius 1 is 1.00 bits per heavy atom. The molecule has 2 aromatic heterocycles. The van der Waals surface area contributed by atoms with E-state index in [2.05, 4.69) is 85.5 Å². The molecule has 29 heavy (non-hydrogen) atoms. The Hall–Kier alpha value is -2.96. The number of anilines is 1. The van der Waals surface area contributed by atoms with Gasteiger partial charge in [-0.3, -0.25) is 5.43 Å². The van der Waals surface area contributed by atoms with Crippen LogP contribution in [-0.2, 0) is 7.05 Å². The van der Waals surface area contributed by atoms with Gasteiger partial charge in [-0.2, -0.15) is 5.10 Å². The predicted molar refractivity (Wildman–Crippen MR) is 127 cm³/mol. The number of aromatic nitrogens is 2. The summed E-state index contributed by atoms with van der Waals surface area (Å²) in [6, 6.07) is 23.0. The molecule has 0 bridgehead atoms. The van der Waals surface area contributed by atoms with Crippen LogP contribution < -0.4 is 5.43 Å². The van der Waals surface area contributed by atoms with Gasteiger partial charge in [-0.15, -0.1) is 11.3 Å². The molecular weight excluding hydrogens is 444 g/mol. The molecule has 142 valence electrons. The van der Waals surface area contributed by atoms with Gasteiger partial charge in [0.15, 0.2) is 0 Å². The summed E-state index contributed by atoms with van der Waals surface area (Å²) in [5.41, 5.74) is 8.57. The Morgan fingerprint density at radius 3 is 2.66 bits per heavy atom. The van der Waals surface area contributed by atoms with Crippen LogP contribution in [0.4, 0.5) is 5.13 Å². The van der Waals surface area contributed by atoms with E-state index in [1.54, 1.807) is 11.3 Å². The molecule has 0 saturated heterocycles. The highest BCUT2D eigenvalue weighted by Crippen LogP contribution is 2.29. The first-order valence-corrected chi connectivity index (χ1v) is 10.8. The monoisotopic (exact) mass is 460 g/mol. The molecule has 2 heterocycles. The summed E-state index contributed by atoms with van der Waals surface area (Å²) in [6.07, 6.45) is 1.84. The number of nitrogens with zero attached hydrogens (tertiary/aromatic N) is 3. The number of hydrazone groups is 1. The SMILES string of the molecule is Cn1c2ccccc2c2cc(/C=N/Nc3nc(-c4ccc(Br)cc4)cs3)ccc21. The summed E-state index contributed by atoms with van der Waals surface area (Å²) < 4.78 is 3.28. The fourth-order valence-corrected chi connectivity index (χ4v) is 4.44. The Kier molecular flexibility index (Phi) is 4.66. The minimum atomic E-state index is 0.769. The van der Waals surface area contributed by atoms with E-state index in [1.165, 1.54) is 21.8 Å². The van der Waals surface area contributed by atoms with E-state index >= 15 is 0 Å². The van der Waals surface area contributed by atoms with E-state index in [0.29, 0.717) is 0 Å². The Morgan fingerprint density at radius 2 is 1.79 bits per heavy atom. The van der Waals surface area contributed by atoms with Crippen molar-refractivity contribution in [3.63, 3.8) is 0 Å². The van der Waals surface area contributed by atoms with Crippen molar-refractivity contribution in [2.45, 2.75) is 0 Å². The van der Waals surface area contributed by atoms with Crippen molar-refractivity contribution < 1.29 is 0 Å². The Labute approximate surface area is 180 Å². The molecule has 0 unspecified atom stereocenters. The standard InChI is InChI=1S/C23H17BrN4S/c1-28-21-5-3-2-4-18(21)19-12-15(6-11-22(19)28)13-25-27-23-26-20(14-29-23)16-7-9-17(24)10-8-16/h2-14H,1H3,(H,26,27)/b25-13+. The maximum Gasteiger partial charge on any atom is 0.203 e. The van der Waals surface area contributed by atoms with Gasteiger partial charge in [0.25, 0.3) is 0 Å².